The third-order valence-electron chi connectivity index (χ3n) is 5.33. The zero-order valence-electron chi connectivity index (χ0n) is 19.3. The number of hydrogen-bond donors (Lipinski definition) is 3. The lowest BCUT2D eigenvalue weighted by molar-refractivity contribution is -0.129. The molecule has 0 aliphatic carbocycles. The van der Waals surface area contributed by atoms with Gasteiger partial charge in [0.25, 0.3) is 5.91 Å². The third-order valence-corrected chi connectivity index (χ3v) is 5.33. The smallest absolute Gasteiger partial charge is 0.272 e. The average Bonchev–Trinajstić information content (AvgIpc) is 2.82. The van der Waals surface area contributed by atoms with Crippen LogP contribution in [-0.4, -0.2) is 66.5 Å². The number of anilines is 2. The lowest BCUT2D eigenvalue weighted by atomic mass is 9.94. The zero-order valence-corrected chi connectivity index (χ0v) is 19.3. The number of carbonyl (C=O) groups is 1. The summed E-state index contributed by atoms with van der Waals surface area (Å²) in [7, 11) is 3.12. The van der Waals surface area contributed by atoms with Gasteiger partial charge in [-0.3, -0.25) is 10.2 Å². The minimum absolute atomic E-state index is 0.0364. The number of amides is 1. The van der Waals surface area contributed by atoms with Crippen LogP contribution in [0.2, 0.25) is 0 Å². The van der Waals surface area contributed by atoms with Crippen LogP contribution in [0.15, 0.2) is 36.2 Å². The highest BCUT2D eigenvalue weighted by molar-refractivity contribution is 6.44. The highest BCUT2D eigenvalue weighted by Crippen LogP contribution is 2.25. The largest absolute Gasteiger partial charge is 0.383 e. The van der Waals surface area contributed by atoms with Gasteiger partial charge in [-0.05, 0) is 31.0 Å². The number of piperidine rings is 1. The number of methoxy groups -OCH3 is 2. The Morgan fingerprint density at radius 1 is 1.26 bits per heavy atom. The molecule has 2 heterocycles. The number of benzene rings is 1. The molecule has 1 aliphatic heterocycles. The second-order valence-corrected chi connectivity index (χ2v) is 7.83. The average molecular weight is 475 g/mol. The summed E-state index contributed by atoms with van der Waals surface area (Å²) in [5.41, 5.74) is 1.51. The summed E-state index contributed by atoms with van der Waals surface area (Å²) in [6.45, 7) is 3.15. The van der Waals surface area contributed by atoms with E-state index in [1.165, 1.54) is 18.1 Å². The molecule has 0 unspecified atom stereocenters. The van der Waals surface area contributed by atoms with Crippen LogP contribution in [0.5, 0.6) is 0 Å². The number of hydrogen-bond acceptors (Lipinski definition) is 8. The number of aryl methyl sites for hydroxylation is 1. The van der Waals surface area contributed by atoms with Gasteiger partial charge in [-0.1, -0.05) is 6.07 Å². The Morgan fingerprint density at radius 2 is 2.06 bits per heavy atom. The molecule has 1 amide bonds. The van der Waals surface area contributed by atoms with Crippen molar-refractivity contribution in [3.05, 3.63) is 58.9 Å². The number of carbonyl (C=O) groups excluding carboxylic acids is 1. The van der Waals surface area contributed by atoms with Crippen LogP contribution < -0.4 is 10.6 Å². The molecule has 1 saturated heterocycles. The summed E-state index contributed by atoms with van der Waals surface area (Å²) in [4.78, 5) is 23.1. The fourth-order valence-corrected chi connectivity index (χ4v) is 3.51. The van der Waals surface area contributed by atoms with Crippen molar-refractivity contribution in [2.75, 3.05) is 44.6 Å². The Hall–Kier alpha value is -3.44. The van der Waals surface area contributed by atoms with Crippen LogP contribution >= 0.6 is 0 Å². The van der Waals surface area contributed by atoms with Gasteiger partial charge in [0.05, 0.1) is 19.3 Å². The van der Waals surface area contributed by atoms with Crippen LogP contribution in [-0.2, 0) is 20.8 Å². The number of nitrogens with one attached hydrogen (secondary N) is 3. The van der Waals surface area contributed by atoms with E-state index in [9.17, 15) is 13.6 Å². The lowest BCUT2D eigenvalue weighted by Gasteiger charge is -2.36. The van der Waals surface area contributed by atoms with Crippen molar-refractivity contribution in [3.63, 3.8) is 0 Å². The van der Waals surface area contributed by atoms with Crippen molar-refractivity contribution >= 4 is 23.4 Å². The SMILES string of the molecule is COCCNc1ncc(C)c(N/C=C2/C[C@H](COC)N(Cc3ccc(F)c(F)c3)C(=O)C2=N)n1. The van der Waals surface area contributed by atoms with Gasteiger partial charge < -0.3 is 25.0 Å². The molecule has 3 rings (SSSR count). The summed E-state index contributed by atoms with van der Waals surface area (Å²) in [6.07, 6.45) is 3.60. The Morgan fingerprint density at radius 3 is 2.76 bits per heavy atom. The number of halogens is 2. The van der Waals surface area contributed by atoms with Crippen LogP contribution in [0, 0.1) is 24.0 Å². The minimum Gasteiger partial charge on any atom is -0.383 e. The van der Waals surface area contributed by atoms with E-state index < -0.39 is 17.5 Å². The summed E-state index contributed by atoms with van der Waals surface area (Å²) in [6, 6.07) is 3.11. The Balaban J connectivity index is 1.77. The van der Waals surface area contributed by atoms with Crippen molar-refractivity contribution in [3.8, 4) is 0 Å². The molecule has 0 saturated carbocycles. The molecular weight excluding hydrogens is 446 g/mol. The van der Waals surface area contributed by atoms with Gasteiger partial charge in [0.1, 0.15) is 11.5 Å². The van der Waals surface area contributed by atoms with E-state index in [0.29, 0.717) is 42.5 Å². The van der Waals surface area contributed by atoms with E-state index in [1.807, 2.05) is 6.92 Å². The summed E-state index contributed by atoms with van der Waals surface area (Å²) in [5, 5.41) is 14.5. The van der Waals surface area contributed by atoms with Gasteiger partial charge in [-0.15, -0.1) is 0 Å². The molecule has 0 radical (unpaired) electrons. The maximum Gasteiger partial charge on any atom is 0.272 e. The van der Waals surface area contributed by atoms with Crippen molar-refractivity contribution in [1.29, 1.82) is 5.41 Å². The molecular formula is C23H28F2N6O3. The van der Waals surface area contributed by atoms with E-state index >= 15 is 0 Å². The number of rotatable bonds is 10. The molecule has 1 fully saturated rings. The Labute approximate surface area is 196 Å². The van der Waals surface area contributed by atoms with Crippen molar-refractivity contribution in [2.45, 2.75) is 25.9 Å². The molecule has 34 heavy (non-hydrogen) atoms. The molecule has 182 valence electrons. The summed E-state index contributed by atoms with van der Waals surface area (Å²) >= 11 is 0. The number of likely N-dealkylation sites (tertiary alicyclic amines) is 1. The van der Waals surface area contributed by atoms with Crippen LogP contribution in [0.1, 0.15) is 17.5 Å². The minimum atomic E-state index is -0.985. The zero-order chi connectivity index (χ0) is 24.7. The fourth-order valence-electron chi connectivity index (χ4n) is 3.51. The summed E-state index contributed by atoms with van der Waals surface area (Å²) in [5.74, 6) is -1.50. The predicted octanol–water partition coefficient (Wildman–Crippen LogP) is 2.88. The maximum atomic E-state index is 13.6. The van der Waals surface area contributed by atoms with Crippen molar-refractivity contribution in [2.24, 2.45) is 0 Å². The van der Waals surface area contributed by atoms with Crippen LogP contribution in [0.25, 0.3) is 0 Å². The van der Waals surface area contributed by atoms with Gasteiger partial charge in [0, 0.05) is 50.8 Å². The standard InChI is InChI=1S/C23H28F2N6O3/c1-14-10-29-23(27-6-7-33-2)30-21(14)28-11-16-9-17(13-34-3)31(22(32)20(16)26)12-15-4-5-18(24)19(25)8-15/h4-5,8,10-11,17,26H,6-7,9,12-13H2,1-3H3,(H2,27,28,29,30)/b16-11-,26-20?/t17-/m1/s1. The topological polar surface area (TPSA) is 112 Å². The van der Waals surface area contributed by atoms with E-state index in [4.69, 9.17) is 14.9 Å². The first-order chi connectivity index (χ1) is 16.3. The van der Waals surface area contributed by atoms with E-state index in [2.05, 4.69) is 20.6 Å². The van der Waals surface area contributed by atoms with Gasteiger partial charge in [0.2, 0.25) is 5.95 Å². The monoisotopic (exact) mass is 474 g/mol. The highest BCUT2D eigenvalue weighted by atomic mass is 19.2. The van der Waals surface area contributed by atoms with E-state index in [1.54, 1.807) is 19.5 Å². The Kier molecular flexibility index (Phi) is 8.61. The van der Waals surface area contributed by atoms with Crippen molar-refractivity contribution < 1.29 is 23.0 Å². The first kappa shape index (κ1) is 25.2. The second kappa shape index (κ2) is 11.6. The molecule has 1 aromatic heterocycles. The fraction of sp³-hybridized carbons (Fsp3) is 0.391. The van der Waals surface area contributed by atoms with Crippen LogP contribution in [0.4, 0.5) is 20.5 Å². The Bertz CT molecular complexity index is 1080. The second-order valence-electron chi connectivity index (χ2n) is 7.83. The first-order valence-corrected chi connectivity index (χ1v) is 10.7. The molecule has 11 heteroatoms. The number of nitrogens with zero attached hydrogens (tertiary/aromatic N) is 3. The molecule has 1 aromatic carbocycles. The van der Waals surface area contributed by atoms with Crippen LogP contribution in [0.3, 0.4) is 0 Å². The maximum absolute atomic E-state index is 13.6. The molecule has 0 spiro atoms. The van der Waals surface area contributed by atoms with Crippen molar-refractivity contribution in [1.82, 2.24) is 14.9 Å². The molecule has 0 bridgehead atoms. The van der Waals surface area contributed by atoms with E-state index in [-0.39, 0.29) is 24.9 Å². The van der Waals surface area contributed by atoms with Gasteiger partial charge in [0.15, 0.2) is 11.6 Å². The molecule has 1 atom stereocenters. The highest BCUT2D eigenvalue weighted by Gasteiger charge is 2.35. The molecule has 1 aliphatic rings. The predicted molar refractivity (Wildman–Crippen MR) is 124 cm³/mol. The third kappa shape index (κ3) is 6.12. The molecule has 9 nitrogen and oxygen atoms in total. The normalized spacial score (nSPS) is 17.4. The van der Waals surface area contributed by atoms with Gasteiger partial charge in [-0.25, -0.2) is 13.8 Å². The van der Waals surface area contributed by atoms with Gasteiger partial charge in [-0.2, -0.15) is 4.98 Å². The number of ether oxygens (including phenoxy) is 2. The first-order valence-electron chi connectivity index (χ1n) is 10.7. The number of aromatic nitrogens is 2. The lowest BCUT2D eigenvalue weighted by Crippen LogP contribution is -2.50. The summed E-state index contributed by atoms with van der Waals surface area (Å²) < 4.78 is 37.2. The quantitative estimate of drug-likeness (QED) is 0.454. The van der Waals surface area contributed by atoms with Gasteiger partial charge >= 0.3 is 0 Å². The molecule has 2 aromatic rings. The molecule has 3 N–H and O–H groups in total. The van der Waals surface area contributed by atoms with E-state index in [0.717, 1.165) is 17.7 Å².